The number of aryl methyl sites for hydroxylation is 2. The number of carbonyl (C=O) groups is 2. The quantitative estimate of drug-likeness (QED) is 0.665. The van der Waals surface area contributed by atoms with Crippen molar-refractivity contribution < 1.29 is 14.3 Å². The fourth-order valence-corrected chi connectivity index (χ4v) is 5.74. The van der Waals surface area contributed by atoms with Crippen LogP contribution in [0, 0.1) is 19.8 Å². The first kappa shape index (κ1) is 23.0. The number of hydrogen-bond donors (Lipinski definition) is 1. The standard InChI is InChI=1S/C27H34N4O3/c1-19-8-9-20(2)21(16-19)17-30-13-10-22(11-14-30)27(24-7-3-4-12-28-24)25(32)31(26(33)29-27)18-23-6-5-15-34-23/h3-4,7-9,12,16,22-23H,5-6,10-11,13-15,17-18H2,1-2H3,(H,29,33)/t23-,27-/m0/s1. The van der Waals surface area contributed by atoms with Gasteiger partial charge >= 0.3 is 6.03 Å². The highest BCUT2D eigenvalue weighted by atomic mass is 16.5. The molecule has 0 unspecified atom stereocenters. The monoisotopic (exact) mass is 462 g/mol. The van der Waals surface area contributed by atoms with Crippen molar-refractivity contribution in [1.29, 1.82) is 0 Å². The van der Waals surface area contributed by atoms with Gasteiger partial charge in [-0.25, -0.2) is 4.79 Å². The zero-order chi connectivity index (χ0) is 23.7. The van der Waals surface area contributed by atoms with Crippen molar-refractivity contribution in [3.63, 3.8) is 0 Å². The van der Waals surface area contributed by atoms with E-state index in [-0.39, 0.29) is 24.0 Å². The van der Waals surface area contributed by atoms with Crippen LogP contribution in [0.4, 0.5) is 4.79 Å². The molecule has 0 aliphatic carbocycles. The average Bonchev–Trinajstić information content (AvgIpc) is 3.45. The largest absolute Gasteiger partial charge is 0.376 e. The van der Waals surface area contributed by atoms with E-state index in [1.807, 2.05) is 18.2 Å². The fourth-order valence-electron chi connectivity index (χ4n) is 5.74. The van der Waals surface area contributed by atoms with Gasteiger partial charge in [0.15, 0.2) is 5.54 Å². The van der Waals surface area contributed by atoms with E-state index in [9.17, 15) is 9.59 Å². The van der Waals surface area contributed by atoms with Crippen molar-refractivity contribution in [3.8, 4) is 0 Å². The number of aromatic nitrogens is 1. The van der Waals surface area contributed by atoms with Gasteiger partial charge in [0.25, 0.3) is 5.91 Å². The molecule has 1 N–H and O–H groups in total. The molecule has 0 bridgehead atoms. The third-order valence-corrected chi connectivity index (χ3v) is 7.71. The molecule has 1 aromatic heterocycles. The van der Waals surface area contributed by atoms with Crippen LogP contribution in [0.3, 0.4) is 0 Å². The molecule has 2 aromatic rings. The molecule has 3 fully saturated rings. The van der Waals surface area contributed by atoms with E-state index in [1.165, 1.54) is 21.6 Å². The highest BCUT2D eigenvalue weighted by Crippen LogP contribution is 2.41. The summed E-state index contributed by atoms with van der Waals surface area (Å²) in [5.74, 6) is -0.192. The maximum Gasteiger partial charge on any atom is 0.325 e. The number of piperidine rings is 1. The van der Waals surface area contributed by atoms with Gasteiger partial charge in [0.05, 0.1) is 18.3 Å². The molecule has 3 aliphatic heterocycles. The second-order valence-electron chi connectivity index (χ2n) is 9.98. The first-order chi connectivity index (χ1) is 16.5. The Bertz CT molecular complexity index is 1050. The lowest BCUT2D eigenvalue weighted by Crippen LogP contribution is -2.54. The molecule has 4 heterocycles. The smallest absolute Gasteiger partial charge is 0.325 e. The molecule has 0 spiro atoms. The Labute approximate surface area is 201 Å². The van der Waals surface area contributed by atoms with E-state index in [0.717, 1.165) is 45.3 Å². The van der Waals surface area contributed by atoms with Crippen LogP contribution in [0.2, 0.25) is 0 Å². The summed E-state index contributed by atoms with van der Waals surface area (Å²) in [6.45, 7) is 7.95. The van der Waals surface area contributed by atoms with E-state index in [0.29, 0.717) is 18.8 Å². The van der Waals surface area contributed by atoms with Gasteiger partial charge in [-0.1, -0.05) is 29.8 Å². The molecule has 2 atom stereocenters. The maximum absolute atomic E-state index is 13.9. The van der Waals surface area contributed by atoms with Crippen molar-refractivity contribution >= 4 is 11.9 Å². The van der Waals surface area contributed by atoms with Crippen molar-refractivity contribution in [2.45, 2.75) is 57.7 Å². The van der Waals surface area contributed by atoms with Crippen LogP contribution in [0.5, 0.6) is 0 Å². The summed E-state index contributed by atoms with van der Waals surface area (Å²) in [5.41, 5.74) is 3.46. The van der Waals surface area contributed by atoms with Crippen molar-refractivity contribution in [3.05, 3.63) is 65.0 Å². The van der Waals surface area contributed by atoms with E-state index < -0.39 is 5.54 Å². The maximum atomic E-state index is 13.9. The van der Waals surface area contributed by atoms with Crippen LogP contribution in [0.15, 0.2) is 42.6 Å². The van der Waals surface area contributed by atoms with E-state index >= 15 is 0 Å². The Morgan fingerprint density at radius 3 is 2.65 bits per heavy atom. The zero-order valence-electron chi connectivity index (χ0n) is 20.1. The Balaban J connectivity index is 1.36. The summed E-state index contributed by atoms with van der Waals surface area (Å²) in [6, 6.07) is 11.9. The first-order valence-electron chi connectivity index (χ1n) is 12.4. The molecular formula is C27H34N4O3. The number of rotatable bonds is 6. The van der Waals surface area contributed by atoms with Crippen molar-refractivity contribution in [1.82, 2.24) is 20.1 Å². The number of imide groups is 1. The van der Waals surface area contributed by atoms with Crippen molar-refractivity contribution in [2.24, 2.45) is 5.92 Å². The summed E-state index contributed by atoms with van der Waals surface area (Å²) in [4.78, 5) is 35.4. The van der Waals surface area contributed by atoms with Gasteiger partial charge in [-0.3, -0.25) is 19.6 Å². The average molecular weight is 463 g/mol. The summed E-state index contributed by atoms with van der Waals surface area (Å²) in [7, 11) is 0. The summed E-state index contributed by atoms with van der Waals surface area (Å²) >= 11 is 0. The zero-order valence-corrected chi connectivity index (χ0v) is 20.1. The molecule has 1 aromatic carbocycles. The lowest BCUT2D eigenvalue weighted by Gasteiger charge is -2.40. The van der Waals surface area contributed by atoms with Gasteiger partial charge < -0.3 is 10.1 Å². The molecule has 0 saturated carbocycles. The third kappa shape index (κ3) is 4.23. The van der Waals surface area contributed by atoms with Crippen LogP contribution in [-0.2, 0) is 21.6 Å². The van der Waals surface area contributed by atoms with Gasteiger partial charge in [-0.2, -0.15) is 0 Å². The first-order valence-corrected chi connectivity index (χ1v) is 12.4. The lowest BCUT2D eigenvalue weighted by molar-refractivity contribution is -0.135. The van der Waals surface area contributed by atoms with E-state index in [4.69, 9.17) is 4.74 Å². The van der Waals surface area contributed by atoms with Crippen LogP contribution in [0.1, 0.15) is 48.1 Å². The van der Waals surface area contributed by atoms with Crippen LogP contribution < -0.4 is 5.32 Å². The SMILES string of the molecule is Cc1ccc(C)c(CN2CCC([C@@]3(c4ccccn4)NC(=O)N(C[C@@H]4CCCO4)C3=O)CC2)c1. The van der Waals surface area contributed by atoms with Crippen LogP contribution in [-0.4, -0.2) is 59.1 Å². The molecular weight excluding hydrogens is 428 g/mol. The molecule has 34 heavy (non-hydrogen) atoms. The second kappa shape index (κ2) is 9.47. The topological polar surface area (TPSA) is 74.8 Å². The Hall–Kier alpha value is -2.77. The minimum absolute atomic E-state index is 0.0109. The number of amides is 3. The van der Waals surface area contributed by atoms with Crippen LogP contribution >= 0.6 is 0 Å². The molecule has 180 valence electrons. The molecule has 7 heteroatoms. The Morgan fingerprint density at radius 2 is 1.94 bits per heavy atom. The van der Waals surface area contributed by atoms with E-state index in [2.05, 4.69) is 47.2 Å². The lowest BCUT2D eigenvalue weighted by atomic mass is 9.75. The number of urea groups is 1. The van der Waals surface area contributed by atoms with Crippen molar-refractivity contribution in [2.75, 3.05) is 26.2 Å². The molecule has 5 rings (SSSR count). The number of pyridine rings is 1. The number of hydrogen-bond acceptors (Lipinski definition) is 5. The normalized spacial score (nSPS) is 26.3. The van der Waals surface area contributed by atoms with Gasteiger partial charge in [0.2, 0.25) is 0 Å². The minimum Gasteiger partial charge on any atom is -0.376 e. The summed E-state index contributed by atoms with van der Waals surface area (Å²) in [5, 5.41) is 3.11. The fraction of sp³-hybridized carbons (Fsp3) is 0.519. The number of likely N-dealkylation sites (tertiary alicyclic amines) is 1. The summed E-state index contributed by atoms with van der Waals surface area (Å²) < 4.78 is 5.72. The highest BCUT2D eigenvalue weighted by molar-refractivity contribution is 6.07. The van der Waals surface area contributed by atoms with Gasteiger partial charge in [-0.05, 0) is 81.8 Å². The second-order valence-corrected chi connectivity index (χ2v) is 9.98. The number of nitrogens with one attached hydrogen (secondary N) is 1. The number of carbonyl (C=O) groups excluding carboxylic acids is 2. The molecule has 0 radical (unpaired) electrons. The number of ether oxygens (including phenoxy) is 1. The Kier molecular flexibility index (Phi) is 6.40. The Morgan fingerprint density at radius 1 is 1.12 bits per heavy atom. The van der Waals surface area contributed by atoms with Gasteiger partial charge in [-0.15, -0.1) is 0 Å². The molecule has 7 nitrogen and oxygen atoms in total. The van der Waals surface area contributed by atoms with Gasteiger partial charge in [0, 0.05) is 19.3 Å². The summed E-state index contributed by atoms with van der Waals surface area (Å²) in [6.07, 6.45) is 5.12. The predicted molar refractivity (Wildman–Crippen MR) is 129 cm³/mol. The molecule has 3 amide bonds. The molecule has 3 saturated heterocycles. The van der Waals surface area contributed by atoms with Crippen LogP contribution in [0.25, 0.3) is 0 Å². The minimum atomic E-state index is -1.11. The highest BCUT2D eigenvalue weighted by Gasteiger charge is 2.58. The number of nitrogens with zero attached hydrogens (tertiary/aromatic N) is 3. The number of benzene rings is 1. The molecule has 3 aliphatic rings. The van der Waals surface area contributed by atoms with Gasteiger partial charge in [0.1, 0.15) is 0 Å². The predicted octanol–water partition coefficient (Wildman–Crippen LogP) is 3.54. The van der Waals surface area contributed by atoms with E-state index in [1.54, 1.807) is 6.20 Å². The third-order valence-electron chi connectivity index (χ3n) is 7.71.